The lowest BCUT2D eigenvalue weighted by Gasteiger charge is -2.33. The largest absolute Gasteiger partial charge is 0.375 e. The zero-order valence-corrected chi connectivity index (χ0v) is 12.6. The topological polar surface area (TPSA) is 37.4 Å². The quantitative estimate of drug-likeness (QED) is 0.894. The van der Waals surface area contributed by atoms with E-state index in [1.807, 2.05) is 0 Å². The van der Waals surface area contributed by atoms with E-state index in [0.717, 1.165) is 50.2 Å². The molecule has 1 unspecified atom stereocenters. The van der Waals surface area contributed by atoms with Gasteiger partial charge in [-0.1, -0.05) is 6.92 Å². The highest BCUT2D eigenvalue weighted by Gasteiger charge is 2.22. The number of nitrogens with zero attached hydrogens (tertiary/aromatic N) is 2. The Morgan fingerprint density at radius 3 is 3.00 bits per heavy atom. The Balaban J connectivity index is 1.70. The SMILES string of the molecule is CCC1CN(c2cc(CNC3CC3)cc(C)n2)CCO1. The van der Waals surface area contributed by atoms with Gasteiger partial charge in [0.15, 0.2) is 0 Å². The second-order valence-corrected chi connectivity index (χ2v) is 5.98. The Bertz CT molecular complexity index is 459. The Morgan fingerprint density at radius 2 is 2.25 bits per heavy atom. The summed E-state index contributed by atoms with van der Waals surface area (Å²) in [6.45, 7) is 7.95. The first-order valence-electron chi connectivity index (χ1n) is 7.82. The van der Waals surface area contributed by atoms with Crippen molar-refractivity contribution in [2.75, 3.05) is 24.6 Å². The maximum atomic E-state index is 5.74. The number of ether oxygens (including phenoxy) is 1. The highest BCUT2D eigenvalue weighted by molar-refractivity contribution is 5.43. The maximum Gasteiger partial charge on any atom is 0.129 e. The molecule has 4 nitrogen and oxygen atoms in total. The van der Waals surface area contributed by atoms with Crippen molar-refractivity contribution in [3.8, 4) is 0 Å². The normalized spacial score (nSPS) is 23.1. The molecular formula is C16H25N3O. The van der Waals surface area contributed by atoms with Crippen LogP contribution < -0.4 is 10.2 Å². The first kappa shape index (κ1) is 13.8. The monoisotopic (exact) mass is 275 g/mol. The van der Waals surface area contributed by atoms with Gasteiger partial charge in [-0.15, -0.1) is 0 Å². The minimum atomic E-state index is 0.346. The molecule has 0 bridgehead atoms. The van der Waals surface area contributed by atoms with Crippen molar-refractivity contribution < 1.29 is 4.74 Å². The van der Waals surface area contributed by atoms with E-state index >= 15 is 0 Å². The van der Waals surface area contributed by atoms with Crippen LogP contribution in [0, 0.1) is 6.92 Å². The number of aromatic nitrogens is 1. The molecule has 0 spiro atoms. The van der Waals surface area contributed by atoms with Crippen molar-refractivity contribution >= 4 is 5.82 Å². The number of pyridine rings is 1. The molecule has 2 heterocycles. The maximum absolute atomic E-state index is 5.74. The standard InChI is InChI=1S/C16H25N3O/c1-3-15-11-19(6-7-20-15)16-9-13(8-12(2)18-16)10-17-14-4-5-14/h8-9,14-15,17H,3-7,10-11H2,1-2H3. The molecule has 1 aliphatic carbocycles. The number of anilines is 1. The predicted octanol–water partition coefficient (Wildman–Crippen LogP) is 2.26. The average molecular weight is 275 g/mol. The fourth-order valence-electron chi connectivity index (χ4n) is 2.71. The molecule has 20 heavy (non-hydrogen) atoms. The fraction of sp³-hybridized carbons (Fsp3) is 0.688. The predicted molar refractivity (Wildman–Crippen MR) is 81.1 cm³/mol. The molecular weight excluding hydrogens is 250 g/mol. The van der Waals surface area contributed by atoms with Crippen molar-refractivity contribution in [2.45, 2.75) is 51.8 Å². The number of hydrogen-bond donors (Lipinski definition) is 1. The molecule has 0 amide bonds. The summed E-state index contributed by atoms with van der Waals surface area (Å²) < 4.78 is 5.74. The smallest absolute Gasteiger partial charge is 0.129 e. The van der Waals surface area contributed by atoms with Crippen LogP contribution in [0.5, 0.6) is 0 Å². The lowest BCUT2D eigenvalue weighted by molar-refractivity contribution is 0.0381. The first-order valence-corrected chi connectivity index (χ1v) is 7.82. The molecule has 1 aromatic heterocycles. The average Bonchev–Trinajstić information content (AvgIpc) is 3.29. The molecule has 1 saturated carbocycles. The number of hydrogen-bond acceptors (Lipinski definition) is 4. The van der Waals surface area contributed by atoms with E-state index in [1.165, 1.54) is 18.4 Å². The summed E-state index contributed by atoms with van der Waals surface area (Å²) in [5, 5.41) is 3.58. The van der Waals surface area contributed by atoms with Gasteiger partial charge in [0.05, 0.1) is 12.7 Å². The van der Waals surface area contributed by atoms with Crippen molar-refractivity contribution in [1.29, 1.82) is 0 Å². The summed E-state index contributed by atoms with van der Waals surface area (Å²) >= 11 is 0. The van der Waals surface area contributed by atoms with E-state index in [4.69, 9.17) is 9.72 Å². The third kappa shape index (κ3) is 3.49. The second-order valence-electron chi connectivity index (χ2n) is 5.98. The lowest BCUT2D eigenvalue weighted by Crippen LogP contribution is -2.42. The zero-order chi connectivity index (χ0) is 13.9. The van der Waals surface area contributed by atoms with Gasteiger partial charge in [-0.25, -0.2) is 4.98 Å². The summed E-state index contributed by atoms with van der Waals surface area (Å²) in [4.78, 5) is 7.08. The van der Waals surface area contributed by atoms with Crippen LogP contribution in [0.4, 0.5) is 5.82 Å². The molecule has 4 heteroatoms. The third-order valence-electron chi connectivity index (χ3n) is 4.09. The molecule has 1 saturated heterocycles. The lowest BCUT2D eigenvalue weighted by atomic mass is 10.2. The molecule has 1 aromatic rings. The van der Waals surface area contributed by atoms with Gasteiger partial charge < -0.3 is 15.0 Å². The van der Waals surface area contributed by atoms with Crippen molar-refractivity contribution in [2.24, 2.45) is 0 Å². The van der Waals surface area contributed by atoms with Crippen LogP contribution in [-0.2, 0) is 11.3 Å². The van der Waals surface area contributed by atoms with Gasteiger partial charge in [0, 0.05) is 31.4 Å². The van der Waals surface area contributed by atoms with Crippen LogP contribution in [-0.4, -0.2) is 36.8 Å². The molecule has 1 N–H and O–H groups in total. The van der Waals surface area contributed by atoms with E-state index in [2.05, 4.69) is 36.2 Å². The van der Waals surface area contributed by atoms with Crippen LogP contribution in [0.1, 0.15) is 37.4 Å². The molecule has 1 aliphatic heterocycles. The Hall–Kier alpha value is -1.13. The van der Waals surface area contributed by atoms with Crippen LogP contribution in [0.2, 0.25) is 0 Å². The Labute approximate surface area is 121 Å². The van der Waals surface area contributed by atoms with Crippen LogP contribution >= 0.6 is 0 Å². The summed E-state index contributed by atoms with van der Waals surface area (Å²) in [5.41, 5.74) is 2.45. The number of aryl methyl sites for hydroxylation is 1. The molecule has 3 rings (SSSR count). The Kier molecular flexibility index (Phi) is 4.22. The number of morpholine rings is 1. The van der Waals surface area contributed by atoms with Gasteiger partial charge in [0.2, 0.25) is 0 Å². The molecule has 110 valence electrons. The van der Waals surface area contributed by atoms with Gasteiger partial charge >= 0.3 is 0 Å². The van der Waals surface area contributed by atoms with E-state index in [1.54, 1.807) is 0 Å². The van der Waals surface area contributed by atoms with Crippen molar-refractivity contribution in [1.82, 2.24) is 10.3 Å². The van der Waals surface area contributed by atoms with Crippen LogP contribution in [0.25, 0.3) is 0 Å². The van der Waals surface area contributed by atoms with Crippen LogP contribution in [0.3, 0.4) is 0 Å². The van der Waals surface area contributed by atoms with Crippen molar-refractivity contribution in [3.05, 3.63) is 23.4 Å². The van der Waals surface area contributed by atoms with Crippen LogP contribution in [0.15, 0.2) is 12.1 Å². The fourth-order valence-corrected chi connectivity index (χ4v) is 2.71. The van der Waals surface area contributed by atoms with Gasteiger partial charge in [0.25, 0.3) is 0 Å². The van der Waals surface area contributed by atoms with Gasteiger partial charge in [-0.3, -0.25) is 0 Å². The second kappa shape index (κ2) is 6.10. The molecule has 2 aliphatic rings. The van der Waals surface area contributed by atoms with E-state index < -0.39 is 0 Å². The van der Waals surface area contributed by atoms with Gasteiger partial charge in [0.1, 0.15) is 5.82 Å². The number of nitrogens with one attached hydrogen (secondary N) is 1. The summed E-state index contributed by atoms with van der Waals surface area (Å²) in [6.07, 6.45) is 4.08. The van der Waals surface area contributed by atoms with Crippen molar-refractivity contribution in [3.63, 3.8) is 0 Å². The number of rotatable bonds is 5. The summed E-state index contributed by atoms with van der Waals surface area (Å²) in [6, 6.07) is 5.18. The summed E-state index contributed by atoms with van der Waals surface area (Å²) in [7, 11) is 0. The van der Waals surface area contributed by atoms with Gasteiger partial charge in [-0.05, 0) is 43.9 Å². The van der Waals surface area contributed by atoms with E-state index in [9.17, 15) is 0 Å². The minimum Gasteiger partial charge on any atom is -0.375 e. The molecule has 2 fully saturated rings. The minimum absolute atomic E-state index is 0.346. The zero-order valence-electron chi connectivity index (χ0n) is 12.6. The molecule has 0 aromatic carbocycles. The molecule has 0 radical (unpaired) electrons. The summed E-state index contributed by atoms with van der Waals surface area (Å²) in [5.74, 6) is 1.11. The van der Waals surface area contributed by atoms with E-state index in [0.29, 0.717) is 6.10 Å². The highest BCUT2D eigenvalue weighted by Crippen LogP contribution is 2.22. The van der Waals surface area contributed by atoms with Gasteiger partial charge in [-0.2, -0.15) is 0 Å². The first-order chi connectivity index (χ1) is 9.74. The highest BCUT2D eigenvalue weighted by atomic mass is 16.5. The van der Waals surface area contributed by atoms with E-state index in [-0.39, 0.29) is 0 Å². The molecule has 1 atom stereocenters. The third-order valence-corrected chi connectivity index (χ3v) is 4.09. The Morgan fingerprint density at radius 1 is 1.40 bits per heavy atom.